The second-order valence-electron chi connectivity index (χ2n) is 2.11. The van der Waals surface area contributed by atoms with Crippen molar-refractivity contribution in [3.05, 3.63) is 29.8 Å². The highest BCUT2D eigenvalue weighted by Crippen LogP contribution is 2.22. The van der Waals surface area contributed by atoms with Crippen molar-refractivity contribution in [1.29, 1.82) is 0 Å². The van der Waals surface area contributed by atoms with E-state index < -0.39 is 0 Å². The quantitative estimate of drug-likeness (QED) is 0.502. The van der Waals surface area contributed by atoms with Gasteiger partial charge in [0, 0.05) is 12.0 Å². The van der Waals surface area contributed by atoms with Crippen LogP contribution in [0.3, 0.4) is 0 Å². The topological polar surface area (TPSA) is 9.23 Å². The second-order valence-corrected chi connectivity index (χ2v) is 2.11. The van der Waals surface area contributed by atoms with Crippen LogP contribution < -0.4 is 4.74 Å². The van der Waals surface area contributed by atoms with E-state index in [1.165, 1.54) is 5.56 Å². The van der Waals surface area contributed by atoms with Gasteiger partial charge in [0.15, 0.2) is 0 Å². The first-order chi connectivity index (χ1) is 4.47. The summed E-state index contributed by atoms with van der Waals surface area (Å²) in [5, 5.41) is 0. The number of fused-ring (bicyclic) bond motifs is 1. The predicted molar refractivity (Wildman–Crippen MR) is 34.5 cm³/mol. The van der Waals surface area contributed by atoms with Gasteiger partial charge >= 0.3 is 0 Å². The fourth-order valence-corrected chi connectivity index (χ4v) is 1.05. The molecule has 45 valence electrons. The molecular weight excluding hydrogens is 112 g/mol. The van der Waals surface area contributed by atoms with Gasteiger partial charge in [0.05, 0.1) is 6.61 Å². The summed E-state index contributed by atoms with van der Waals surface area (Å²) < 4.78 is 5.27. The van der Waals surface area contributed by atoms with E-state index in [2.05, 4.69) is 6.07 Å². The van der Waals surface area contributed by atoms with Gasteiger partial charge in [-0.05, 0) is 12.1 Å². The molecule has 1 radical (unpaired) electrons. The molecule has 0 aliphatic carbocycles. The Balaban J connectivity index is 2.54. The van der Waals surface area contributed by atoms with Crippen LogP contribution in [0.4, 0.5) is 0 Å². The maximum atomic E-state index is 5.27. The Kier molecular flexibility index (Phi) is 0.950. The lowest BCUT2D eigenvalue weighted by molar-refractivity contribution is 0.357. The molecule has 1 nitrogen and oxygen atoms in total. The van der Waals surface area contributed by atoms with E-state index >= 15 is 0 Å². The Labute approximate surface area is 54.3 Å². The zero-order chi connectivity index (χ0) is 6.10. The maximum absolute atomic E-state index is 5.27. The molecule has 0 spiro atoms. The van der Waals surface area contributed by atoms with Gasteiger partial charge in [-0.25, -0.2) is 0 Å². The molecule has 0 bridgehead atoms. The number of hydrogen-bond donors (Lipinski definition) is 0. The summed E-state index contributed by atoms with van der Waals surface area (Å²) in [6, 6.07) is 8.98. The van der Waals surface area contributed by atoms with Gasteiger partial charge in [-0.3, -0.25) is 0 Å². The Morgan fingerprint density at radius 2 is 2.56 bits per heavy atom. The standard InChI is InChI=1S/C8H7O/c1-2-4-8-7(3-1)5-6-9-8/h1-2,4H,5-6H2. The lowest BCUT2D eigenvalue weighted by Crippen LogP contribution is -1.85. The van der Waals surface area contributed by atoms with Crippen molar-refractivity contribution in [2.75, 3.05) is 6.61 Å². The largest absolute Gasteiger partial charge is 0.493 e. The minimum atomic E-state index is 0.829. The van der Waals surface area contributed by atoms with Gasteiger partial charge in [-0.15, -0.1) is 0 Å². The highest BCUT2D eigenvalue weighted by molar-refractivity contribution is 5.34. The zero-order valence-corrected chi connectivity index (χ0v) is 5.05. The summed E-state index contributed by atoms with van der Waals surface area (Å²) in [4.78, 5) is 0. The second kappa shape index (κ2) is 1.76. The molecule has 0 amide bonds. The fraction of sp³-hybridized carbons (Fsp3) is 0.250. The number of benzene rings is 1. The molecule has 0 saturated carbocycles. The minimum absolute atomic E-state index is 0.829. The van der Waals surface area contributed by atoms with Crippen LogP contribution in [0.25, 0.3) is 0 Å². The Morgan fingerprint density at radius 1 is 1.56 bits per heavy atom. The number of ether oxygens (including phenoxy) is 1. The third kappa shape index (κ3) is 0.689. The molecule has 1 aromatic rings. The van der Waals surface area contributed by atoms with Crippen LogP contribution in [0.2, 0.25) is 0 Å². The molecule has 0 saturated heterocycles. The first kappa shape index (κ1) is 4.86. The van der Waals surface area contributed by atoms with E-state index in [1.54, 1.807) is 0 Å². The van der Waals surface area contributed by atoms with Crippen molar-refractivity contribution in [2.24, 2.45) is 0 Å². The summed E-state index contributed by atoms with van der Waals surface area (Å²) >= 11 is 0. The summed E-state index contributed by atoms with van der Waals surface area (Å²) in [5.41, 5.74) is 1.22. The minimum Gasteiger partial charge on any atom is -0.493 e. The van der Waals surface area contributed by atoms with Gasteiger partial charge in [0.25, 0.3) is 0 Å². The van der Waals surface area contributed by atoms with Crippen LogP contribution in [0, 0.1) is 6.07 Å². The average Bonchev–Trinajstić information content (AvgIpc) is 2.33. The Hall–Kier alpha value is -0.980. The van der Waals surface area contributed by atoms with Crippen molar-refractivity contribution in [3.8, 4) is 5.75 Å². The monoisotopic (exact) mass is 119 g/mol. The SMILES string of the molecule is [c]1cccc2c1CCO2. The molecule has 1 aromatic carbocycles. The fourth-order valence-electron chi connectivity index (χ4n) is 1.05. The highest BCUT2D eigenvalue weighted by atomic mass is 16.5. The molecular formula is C8H7O. The molecule has 0 fully saturated rings. The third-order valence-electron chi connectivity index (χ3n) is 1.51. The molecule has 1 aliphatic heterocycles. The highest BCUT2D eigenvalue weighted by Gasteiger charge is 2.08. The molecule has 9 heavy (non-hydrogen) atoms. The van der Waals surface area contributed by atoms with Crippen molar-refractivity contribution in [2.45, 2.75) is 6.42 Å². The average molecular weight is 119 g/mol. The van der Waals surface area contributed by atoms with E-state index in [1.807, 2.05) is 18.2 Å². The van der Waals surface area contributed by atoms with Gasteiger partial charge in [-0.2, -0.15) is 0 Å². The Morgan fingerprint density at radius 3 is 3.44 bits per heavy atom. The van der Waals surface area contributed by atoms with E-state index in [-0.39, 0.29) is 0 Å². The number of rotatable bonds is 0. The normalized spacial score (nSPS) is 14.7. The van der Waals surface area contributed by atoms with Gasteiger partial charge < -0.3 is 4.74 Å². The predicted octanol–water partition coefficient (Wildman–Crippen LogP) is 1.42. The van der Waals surface area contributed by atoms with Gasteiger partial charge in [0.1, 0.15) is 5.75 Å². The van der Waals surface area contributed by atoms with E-state index in [0.29, 0.717) is 0 Å². The Bertz CT molecular complexity index is 195. The molecule has 1 heteroatoms. The summed E-state index contributed by atoms with van der Waals surface area (Å²) in [6.07, 6.45) is 1.02. The van der Waals surface area contributed by atoms with Crippen LogP contribution >= 0.6 is 0 Å². The smallest absolute Gasteiger partial charge is 0.123 e. The molecule has 0 unspecified atom stereocenters. The van der Waals surface area contributed by atoms with Crippen LogP contribution in [-0.2, 0) is 6.42 Å². The summed E-state index contributed by atoms with van der Waals surface area (Å²) in [5.74, 6) is 1.01. The maximum Gasteiger partial charge on any atom is 0.123 e. The van der Waals surface area contributed by atoms with Gasteiger partial charge in [0.2, 0.25) is 0 Å². The van der Waals surface area contributed by atoms with Crippen LogP contribution in [0.5, 0.6) is 5.75 Å². The van der Waals surface area contributed by atoms with E-state index in [0.717, 1.165) is 18.8 Å². The van der Waals surface area contributed by atoms with Crippen molar-refractivity contribution >= 4 is 0 Å². The van der Waals surface area contributed by atoms with E-state index in [9.17, 15) is 0 Å². The molecule has 0 N–H and O–H groups in total. The summed E-state index contributed by atoms with van der Waals surface area (Å²) in [7, 11) is 0. The molecule has 1 heterocycles. The molecule has 0 aromatic heterocycles. The van der Waals surface area contributed by atoms with Crippen LogP contribution in [-0.4, -0.2) is 6.61 Å². The molecule has 0 atom stereocenters. The lowest BCUT2D eigenvalue weighted by atomic mass is 10.2. The van der Waals surface area contributed by atoms with Crippen molar-refractivity contribution in [1.82, 2.24) is 0 Å². The lowest BCUT2D eigenvalue weighted by Gasteiger charge is -1.93. The first-order valence-corrected chi connectivity index (χ1v) is 3.09. The third-order valence-corrected chi connectivity index (χ3v) is 1.51. The van der Waals surface area contributed by atoms with Crippen molar-refractivity contribution in [3.63, 3.8) is 0 Å². The zero-order valence-electron chi connectivity index (χ0n) is 5.05. The van der Waals surface area contributed by atoms with E-state index in [4.69, 9.17) is 4.74 Å². The van der Waals surface area contributed by atoms with Crippen LogP contribution in [0.15, 0.2) is 18.2 Å². The molecule has 1 aliphatic rings. The first-order valence-electron chi connectivity index (χ1n) is 3.09. The van der Waals surface area contributed by atoms with Gasteiger partial charge in [-0.1, -0.05) is 12.1 Å². The molecule has 2 rings (SSSR count). The van der Waals surface area contributed by atoms with Crippen LogP contribution in [0.1, 0.15) is 5.56 Å². The number of hydrogen-bond acceptors (Lipinski definition) is 1. The van der Waals surface area contributed by atoms with Crippen molar-refractivity contribution < 1.29 is 4.74 Å². The summed E-state index contributed by atoms with van der Waals surface area (Å²) in [6.45, 7) is 0.829.